The van der Waals surface area contributed by atoms with Crippen molar-refractivity contribution in [2.75, 3.05) is 17.8 Å². The second kappa shape index (κ2) is 6.07. The fourth-order valence-corrected chi connectivity index (χ4v) is 4.89. The van der Waals surface area contributed by atoms with Crippen molar-refractivity contribution in [2.24, 2.45) is 0 Å². The highest BCUT2D eigenvalue weighted by atomic mass is 32.2. The van der Waals surface area contributed by atoms with Gasteiger partial charge in [0.15, 0.2) is 5.13 Å². The van der Waals surface area contributed by atoms with Crippen LogP contribution in [0.3, 0.4) is 0 Å². The smallest absolute Gasteiger partial charge is 0.240 e. The van der Waals surface area contributed by atoms with Gasteiger partial charge in [0.1, 0.15) is 16.9 Å². The van der Waals surface area contributed by atoms with Crippen LogP contribution in [-0.4, -0.2) is 23.8 Å². The highest BCUT2D eigenvalue weighted by molar-refractivity contribution is 8.00. The van der Waals surface area contributed by atoms with Gasteiger partial charge in [-0.1, -0.05) is 23.5 Å². The van der Waals surface area contributed by atoms with Crippen molar-refractivity contribution < 1.29 is 13.9 Å². The van der Waals surface area contributed by atoms with E-state index in [1.165, 1.54) is 35.2 Å². The zero-order chi connectivity index (χ0) is 16.7. The Hall–Kier alpha value is -2.12. The number of halogens is 1. The van der Waals surface area contributed by atoms with E-state index in [9.17, 15) is 9.18 Å². The molecule has 1 atom stereocenters. The number of amides is 1. The first-order valence-electron chi connectivity index (χ1n) is 7.29. The molecule has 1 aromatic heterocycles. The molecule has 0 spiro atoms. The quantitative estimate of drug-likeness (QED) is 0.701. The van der Waals surface area contributed by atoms with Crippen LogP contribution < -0.4 is 9.64 Å². The molecule has 7 heteroatoms. The average molecular weight is 360 g/mol. The Labute approximate surface area is 146 Å². The summed E-state index contributed by atoms with van der Waals surface area (Å²) in [5.74, 6) is 0.878. The van der Waals surface area contributed by atoms with E-state index in [0.717, 1.165) is 21.5 Å². The number of thioether (sulfide) groups is 1. The van der Waals surface area contributed by atoms with E-state index in [-0.39, 0.29) is 17.1 Å². The second-order valence-corrected chi connectivity index (χ2v) is 7.39. The third kappa shape index (κ3) is 2.63. The van der Waals surface area contributed by atoms with E-state index in [2.05, 4.69) is 4.98 Å². The number of carbonyl (C=O) groups is 1. The lowest BCUT2D eigenvalue weighted by Crippen LogP contribution is -2.27. The summed E-state index contributed by atoms with van der Waals surface area (Å²) >= 11 is 2.98. The van der Waals surface area contributed by atoms with Crippen LogP contribution in [0.15, 0.2) is 42.5 Å². The molecule has 0 N–H and O–H groups in total. The molecule has 1 fully saturated rings. The van der Waals surface area contributed by atoms with E-state index < -0.39 is 0 Å². The maximum absolute atomic E-state index is 13.2. The number of hydrogen-bond donors (Lipinski definition) is 0. The van der Waals surface area contributed by atoms with Crippen LogP contribution in [0.5, 0.6) is 5.75 Å². The average Bonchev–Trinajstić information content (AvgIpc) is 3.17. The Bertz CT molecular complexity index is 911. The van der Waals surface area contributed by atoms with Crippen molar-refractivity contribution >= 4 is 44.4 Å². The molecular weight excluding hydrogens is 347 g/mol. The number of methoxy groups -OCH3 is 1. The van der Waals surface area contributed by atoms with E-state index in [0.29, 0.717) is 10.9 Å². The Morgan fingerprint density at radius 1 is 1.25 bits per heavy atom. The van der Waals surface area contributed by atoms with E-state index in [1.807, 2.05) is 18.2 Å². The van der Waals surface area contributed by atoms with Crippen LogP contribution in [-0.2, 0) is 4.79 Å². The highest BCUT2D eigenvalue weighted by Crippen LogP contribution is 2.44. The number of aromatic nitrogens is 1. The Morgan fingerprint density at radius 2 is 2.04 bits per heavy atom. The SMILES string of the molecule is COc1ccc2nc(N3C(=O)CSC3c3ccc(F)cc3)sc2c1. The minimum atomic E-state index is -0.285. The molecule has 0 aliphatic carbocycles. The van der Waals surface area contributed by atoms with Crippen LogP contribution in [0.4, 0.5) is 9.52 Å². The molecule has 3 aromatic rings. The summed E-state index contributed by atoms with van der Waals surface area (Å²) in [6.45, 7) is 0. The summed E-state index contributed by atoms with van der Waals surface area (Å²) in [5.41, 5.74) is 1.72. The predicted octanol–water partition coefficient (Wildman–Crippen LogP) is 4.22. The van der Waals surface area contributed by atoms with Crippen LogP contribution in [0.25, 0.3) is 10.2 Å². The normalized spacial score (nSPS) is 17.7. The molecule has 1 saturated heterocycles. The Balaban J connectivity index is 1.74. The molecule has 4 nitrogen and oxygen atoms in total. The number of hydrogen-bond acceptors (Lipinski definition) is 5. The molecule has 1 amide bonds. The number of fused-ring (bicyclic) bond motifs is 1. The van der Waals surface area contributed by atoms with Crippen molar-refractivity contribution in [3.63, 3.8) is 0 Å². The predicted molar refractivity (Wildman–Crippen MR) is 95.3 cm³/mol. The minimum absolute atomic E-state index is 0.0142. The molecule has 1 aliphatic heterocycles. The Morgan fingerprint density at radius 3 is 2.79 bits per heavy atom. The van der Waals surface area contributed by atoms with Gasteiger partial charge in [0, 0.05) is 0 Å². The van der Waals surface area contributed by atoms with E-state index >= 15 is 0 Å². The first kappa shape index (κ1) is 15.4. The van der Waals surface area contributed by atoms with Gasteiger partial charge in [-0.2, -0.15) is 0 Å². The number of carbonyl (C=O) groups excluding carboxylic acids is 1. The minimum Gasteiger partial charge on any atom is -0.497 e. The fraction of sp³-hybridized carbons (Fsp3) is 0.176. The number of anilines is 1. The van der Waals surface area contributed by atoms with Crippen molar-refractivity contribution in [3.8, 4) is 5.75 Å². The lowest BCUT2D eigenvalue weighted by atomic mass is 10.2. The maximum Gasteiger partial charge on any atom is 0.240 e. The summed E-state index contributed by atoms with van der Waals surface area (Å²) in [4.78, 5) is 18.7. The Kier molecular flexibility index (Phi) is 3.90. The topological polar surface area (TPSA) is 42.4 Å². The lowest BCUT2D eigenvalue weighted by Gasteiger charge is -2.21. The lowest BCUT2D eigenvalue weighted by molar-refractivity contribution is -0.115. The monoisotopic (exact) mass is 360 g/mol. The summed E-state index contributed by atoms with van der Waals surface area (Å²) in [6.07, 6.45) is 0. The van der Waals surface area contributed by atoms with Gasteiger partial charge >= 0.3 is 0 Å². The van der Waals surface area contributed by atoms with Crippen LogP contribution in [0.2, 0.25) is 0 Å². The van der Waals surface area contributed by atoms with Crippen LogP contribution >= 0.6 is 23.1 Å². The van der Waals surface area contributed by atoms with Crippen LogP contribution in [0.1, 0.15) is 10.9 Å². The van der Waals surface area contributed by atoms with Crippen molar-refractivity contribution in [2.45, 2.75) is 5.37 Å². The largest absolute Gasteiger partial charge is 0.497 e. The summed E-state index contributed by atoms with van der Waals surface area (Å²) in [7, 11) is 1.62. The second-order valence-electron chi connectivity index (χ2n) is 5.31. The zero-order valence-corrected chi connectivity index (χ0v) is 14.4. The summed E-state index contributed by atoms with van der Waals surface area (Å²) in [6, 6.07) is 11.9. The van der Waals surface area contributed by atoms with Gasteiger partial charge in [-0.3, -0.25) is 9.69 Å². The van der Waals surface area contributed by atoms with Gasteiger partial charge in [-0.25, -0.2) is 9.37 Å². The molecule has 2 heterocycles. The molecule has 2 aromatic carbocycles. The van der Waals surface area contributed by atoms with Crippen LogP contribution in [0, 0.1) is 5.82 Å². The molecular formula is C17H13FN2O2S2. The number of rotatable bonds is 3. The molecule has 0 saturated carbocycles. The van der Waals surface area contributed by atoms with Gasteiger partial charge in [0.25, 0.3) is 0 Å². The number of nitrogens with zero attached hydrogens (tertiary/aromatic N) is 2. The third-order valence-electron chi connectivity index (χ3n) is 3.81. The van der Waals surface area contributed by atoms with Gasteiger partial charge in [-0.15, -0.1) is 11.8 Å². The zero-order valence-electron chi connectivity index (χ0n) is 12.7. The molecule has 122 valence electrons. The van der Waals surface area contributed by atoms with Gasteiger partial charge in [0.2, 0.25) is 5.91 Å². The standard InChI is InChI=1S/C17H13FN2O2S2/c1-22-12-6-7-13-14(8-12)24-17(19-13)20-15(21)9-23-16(20)10-2-4-11(18)5-3-10/h2-8,16H,9H2,1H3. The van der Waals surface area contributed by atoms with Gasteiger partial charge < -0.3 is 4.74 Å². The number of ether oxygens (including phenoxy) is 1. The maximum atomic E-state index is 13.2. The van der Waals surface area contributed by atoms with E-state index in [1.54, 1.807) is 24.1 Å². The first-order chi connectivity index (χ1) is 11.7. The number of thiazole rings is 1. The van der Waals surface area contributed by atoms with Crippen molar-refractivity contribution in [1.82, 2.24) is 4.98 Å². The molecule has 4 rings (SSSR count). The first-order valence-corrected chi connectivity index (χ1v) is 9.16. The van der Waals surface area contributed by atoms with Crippen molar-refractivity contribution in [3.05, 3.63) is 53.8 Å². The molecule has 0 bridgehead atoms. The molecule has 24 heavy (non-hydrogen) atoms. The fourth-order valence-electron chi connectivity index (χ4n) is 2.63. The molecule has 1 unspecified atom stereocenters. The summed E-state index contributed by atoms with van der Waals surface area (Å²) in [5, 5.41) is 0.475. The summed E-state index contributed by atoms with van der Waals surface area (Å²) < 4.78 is 19.4. The molecule has 0 radical (unpaired) electrons. The van der Waals surface area contributed by atoms with Gasteiger partial charge in [-0.05, 0) is 35.9 Å². The van der Waals surface area contributed by atoms with Gasteiger partial charge in [0.05, 0.1) is 23.1 Å². The molecule has 1 aliphatic rings. The van der Waals surface area contributed by atoms with Crippen molar-refractivity contribution in [1.29, 1.82) is 0 Å². The van der Waals surface area contributed by atoms with E-state index in [4.69, 9.17) is 4.74 Å². The number of benzene rings is 2. The third-order valence-corrected chi connectivity index (χ3v) is 6.04. The highest BCUT2D eigenvalue weighted by Gasteiger charge is 2.36.